The molecule has 3 aromatic rings. The Morgan fingerprint density at radius 3 is 2.50 bits per heavy atom. The van der Waals surface area contributed by atoms with Crippen LogP contribution in [0.1, 0.15) is 6.42 Å². The van der Waals surface area contributed by atoms with Crippen molar-refractivity contribution >= 4 is 71.2 Å². The van der Waals surface area contributed by atoms with Crippen molar-refractivity contribution in [1.29, 1.82) is 0 Å². The second kappa shape index (κ2) is 7.95. The van der Waals surface area contributed by atoms with Crippen LogP contribution >= 0.6 is 11.3 Å². The van der Waals surface area contributed by atoms with Gasteiger partial charge in [0, 0.05) is 20.2 Å². The first-order valence-electron chi connectivity index (χ1n) is 6.98. The molecule has 0 aliphatic rings. The molecule has 0 atom stereocenters. The molecule has 0 bridgehead atoms. The molecule has 0 spiro atoms. The van der Waals surface area contributed by atoms with Gasteiger partial charge >= 0.3 is 29.6 Å². The number of ether oxygens (including phenoxy) is 1. The van der Waals surface area contributed by atoms with Gasteiger partial charge in [0.25, 0.3) is 10.1 Å². The molecule has 0 saturated heterocycles. The van der Waals surface area contributed by atoms with Crippen molar-refractivity contribution in [3.63, 3.8) is 0 Å². The van der Waals surface area contributed by atoms with Crippen molar-refractivity contribution in [2.75, 3.05) is 12.4 Å². The van der Waals surface area contributed by atoms with Crippen LogP contribution in [0.3, 0.4) is 0 Å². The average Bonchev–Trinajstić information content (AvgIpc) is 2.51. The molecule has 0 aliphatic heterocycles. The summed E-state index contributed by atoms with van der Waals surface area (Å²) in [6.07, 6.45) is 0.182. The van der Waals surface area contributed by atoms with E-state index in [1.54, 1.807) is 18.2 Å². The van der Waals surface area contributed by atoms with E-state index in [1.807, 2.05) is 24.3 Å². The summed E-state index contributed by atoms with van der Waals surface area (Å²) in [7, 11) is -3.97. The van der Waals surface area contributed by atoms with Crippen molar-refractivity contribution in [2.45, 2.75) is 6.42 Å². The first kappa shape index (κ1) is 19.4. The van der Waals surface area contributed by atoms with Gasteiger partial charge in [0.1, 0.15) is 5.75 Å². The zero-order valence-electron chi connectivity index (χ0n) is 12.1. The van der Waals surface area contributed by atoms with Gasteiger partial charge in [-0.3, -0.25) is 9.35 Å². The standard InChI is InChI=1S/C16H14O5S2.Na.H/c17-16-12-4-1-2-5-14(12)22-15-7-6-11(10-13(15)16)21-8-3-9-23(18,19)20;;/h1-2,4-7,10H,3,8-9H2,(H,18,19,20);;. The van der Waals surface area contributed by atoms with Crippen LogP contribution in [0, 0.1) is 0 Å². The summed E-state index contributed by atoms with van der Waals surface area (Å²) in [5, 5.41) is 1.26. The fraction of sp³-hybridized carbons (Fsp3) is 0.188. The van der Waals surface area contributed by atoms with Crippen LogP contribution in [-0.4, -0.2) is 54.9 Å². The topological polar surface area (TPSA) is 80.7 Å². The van der Waals surface area contributed by atoms with Crippen LogP contribution in [0.25, 0.3) is 20.2 Å². The second-order valence-electron chi connectivity index (χ2n) is 5.07. The van der Waals surface area contributed by atoms with E-state index >= 15 is 0 Å². The minimum absolute atomic E-state index is 0. The number of hydrogen-bond acceptors (Lipinski definition) is 5. The van der Waals surface area contributed by atoms with E-state index < -0.39 is 10.1 Å². The predicted molar refractivity (Wildman–Crippen MR) is 99.3 cm³/mol. The van der Waals surface area contributed by atoms with Gasteiger partial charge in [-0.2, -0.15) is 8.42 Å². The van der Waals surface area contributed by atoms with Crippen molar-refractivity contribution in [3.05, 3.63) is 52.7 Å². The van der Waals surface area contributed by atoms with Gasteiger partial charge in [-0.25, -0.2) is 0 Å². The van der Waals surface area contributed by atoms with Crippen LogP contribution in [0.4, 0.5) is 0 Å². The first-order valence-corrected chi connectivity index (χ1v) is 9.40. The van der Waals surface area contributed by atoms with E-state index in [0.717, 1.165) is 9.40 Å². The van der Waals surface area contributed by atoms with Crippen molar-refractivity contribution < 1.29 is 17.7 Å². The van der Waals surface area contributed by atoms with E-state index in [9.17, 15) is 13.2 Å². The Bertz CT molecular complexity index is 1030. The molecule has 0 amide bonds. The van der Waals surface area contributed by atoms with Crippen LogP contribution in [0.15, 0.2) is 47.3 Å². The average molecular weight is 374 g/mol. The number of hydrogen-bond donors (Lipinski definition) is 1. The molecular formula is C16H15NaO5S2. The Balaban J connectivity index is 0.00000208. The summed E-state index contributed by atoms with van der Waals surface area (Å²) in [6.45, 7) is 0.149. The maximum atomic E-state index is 12.5. The summed E-state index contributed by atoms with van der Waals surface area (Å²) < 4.78 is 37.2. The molecule has 0 aliphatic carbocycles. The summed E-state index contributed by atoms with van der Waals surface area (Å²) in [4.78, 5) is 12.5. The Labute approximate surface area is 165 Å². The first-order chi connectivity index (χ1) is 10.9. The maximum absolute atomic E-state index is 12.5. The summed E-state index contributed by atoms with van der Waals surface area (Å²) in [5.41, 5.74) is -0.0438. The molecule has 0 fully saturated rings. The van der Waals surface area contributed by atoms with Gasteiger partial charge in [0.15, 0.2) is 5.43 Å². The molecule has 8 heteroatoms. The third-order valence-electron chi connectivity index (χ3n) is 3.36. The van der Waals surface area contributed by atoms with Crippen molar-refractivity contribution in [1.82, 2.24) is 0 Å². The van der Waals surface area contributed by atoms with Crippen molar-refractivity contribution in [2.24, 2.45) is 0 Å². The Kier molecular flexibility index (Phi) is 6.41. The third kappa shape index (κ3) is 4.56. The molecule has 0 unspecified atom stereocenters. The van der Waals surface area contributed by atoms with Gasteiger partial charge in [-0.05, 0) is 36.8 Å². The van der Waals surface area contributed by atoms with Crippen LogP contribution < -0.4 is 10.2 Å². The van der Waals surface area contributed by atoms with Gasteiger partial charge in [0.05, 0.1) is 12.4 Å². The summed E-state index contributed by atoms with van der Waals surface area (Å²) in [6, 6.07) is 12.7. The molecule has 1 aromatic heterocycles. The monoisotopic (exact) mass is 374 g/mol. The van der Waals surface area contributed by atoms with E-state index in [1.165, 1.54) is 11.3 Å². The van der Waals surface area contributed by atoms with Gasteiger partial charge < -0.3 is 4.74 Å². The molecule has 24 heavy (non-hydrogen) atoms. The molecule has 0 radical (unpaired) electrons. The van der Waals surface area contributed by atoms with E-state index in [2.05, 4.69) is 0 Å². The Morgan fingerprint density at radius 1 is 1.04 bits per heavy atom. The second-order valence-corrected chi connectivity index (χ2v) is 7.73. The molecule has 0 saturated carbocycles. The molecule has 2 aromatic carbocycles. The molecule has 1 heterocycles. The summed E-state index contributed by atoms with van der Waals surface area (Å²) in [5.74, 6) is 0.160. The van der Waals surface area contributed by atoms with Gasteiger partial charge in [0.2, 0.25) is 0 Å². The fourth-order valence-electron chi connectivity index (χ4n) is 2.30. The number of fused-ring (bicyclic) bond motifs is 2. The zero-order chi connectivity index (χ0) is 16.4. The number of benzene rings is 2. The molecule has 3 rings (SSSR count). The molecule has 122 valence electrons. The zero-order valence-corrected chi connectivity index (χ0v) is 13.7. The van der Waals surface area contributed by atoms with Crippen molar-refractivity contribution in [3.8, 4) is 5.75 Å². The molecule has 1 N–H and O–H groups in total. The fourth-order valence-corrected chi connectivity index (χ4v) is 3.84. The van der Waals surface area contributed by atoms with E-state index in [-0.39, 0.29) is 53.8 Å². The normalized spacial score (nSPS) is 11.4. The third-order valence-corrected chi connectivity index (χ3v) is 5.32. The molecular weight excluding hydrogens is 359 g/mol. The van der Waals surface area contributed by atoms with Crippen LogP contribution in [0.5, 0.6) is 5.75 Å². The quantitative estimate of drug-likeness (QED) is 0.321. The Morgan fingerprint density at radius 2 is 1.75 bits per heavy atom. The summed E-state index contributed by atoms with van der Waals surface area (Å²) >= 11 is 1.54. The number of rotatable bonds is 5. The SMILES string of the molecule is O=c1c2ccccc2sc2ccc(OCCCS(=O)(=O)O)cc12.[NaH]. The Hall–Kier alpha value is -0.960. The van der Waals surface area contributed by atoms with Gasteiger partial charge in [-0.15, -0.1) is 11.3 Å². The van der Waals surface area contributed by atoms with Crippen LogP contribution in [-0.2, 0) is 10.1 Å². The van der Waals surface area contributed by atoms with E-state index in [0.29, 0.717) is 16.5 Å². The predicted octanol–water partition coefficient (Wildman–Crippen LogP) is 2.42. The minimum atomic E-state index is -3.97. The van der Waals surface area contributed by atoms with E-state index in [4.69, 9.17) is 9.29 Å². The molecule has 5 nitrogen and oxygen atoms in total. The van der Waals surface area contributed by atoms with Crippen LogP contribution in [0.2, 0.25) is 0 Å². The van der Waals surface area contributed by atoms with Gasteiger partial charge in [-0.1, -0.05) is 12.1 Å².